The Kier molecular flexibility index (Phi) is 72.2. The highest BCUT2D eigenvalue weighted by atomic mass is 31.2. The highest BCUT2D eigenvalue weighted by Crippen LogP contribution is 2.45. The number of carbonyl (C=O) groups excluding carboxylic acids is 4. The van der Waals surface area contributed by atoms with Crippen molar-refractivity contribution < 1.29 is 80.2 Å². The Hall–Kier alpha value is -1.94. The van der Waals surface area contributed by atoms with E-state index in [1.165, 1.54) is 250 Å². The van der Waals surface area contributed by atoms with Crippen LogP contribution in [0.2, 0.25) is 0 Å². The molecule has 101 heavy (non-hydrogen) atoms. The highest BCUT2D eigenvalue weighted by molar-refractivity contribution is 7.47. The third-order valence-electron chi connectivity index (χ3n) is 19.6. The fourth-order valence-corrected chi connectivity index (χ4v) is 14.3. The normalized spacial score (nSPS) is 14.2. The van der Waals surface area contributed by atoms with E-state index in [9.17, 15) is 43.2 Å². The Morgan fingerprint density at radius 1 is 0.287 bits per heavy atom. The van der Waals surface area contributed by atoms with Crippen LogP contribution in [0.5, 0.6) is 0 Å². The number of esters is 4. The lowest BCUT2D eigenvalue weighted by molar-refractivity contribution is -0.161. The first-order chi connectivity index (χ1) is 48.9. The fourth-order valence-electron chi connectivity index (χ4n) is 12.7. The number of aliphatic hydroxyl groups is 1. The second-order valence-corrected chi connectivity index (χ2v) is 33.1. The topological polar surface area (TPSA) is 237 Å². The van der Waals surface area contributed by atoms with Crippen molar-refractivity contribution in [2.75, 3.05) is 39.6 Å². The van der Waals surface area contributed by atoms with Gasteiger partial charge in [-0.25, -0.2) is 9.13 Å². The smallest absolute Gasteiger partial charge is 0.462 e. The molecular weight excluding hydrogens is 1320 g/mol. The van der Waals surface area contributed by atoms with E-state index in [-0.39, 0.29) is 25.7 Å². The summed E-state index contributed by atoms with van der Waals surface area (Å²) in [7, 11) is -9.91. The number of phosphoric acid groups is 2. The molecule has 0 aliphatic rings. The Morgan fingerprint density at radius 2 is 0.505 bits per heavy atom. The minimum absolute atomic E-state index is 0.106. The van der Waals surface area contributed by atoms with Crippen molar-refractivity contribution in [1.82, 2.24) is 0 Å². The van der Waals surface area contributed by atoms with E-state index in [1.807, 2.05) is 0 Å². The van der Waals surface area contributed by atoms with E-state index in [2.05, 4.69) is 41.5 Å². The minimum atomic E-state index is -4.96. The molecule has 0 saturated heterocycles. The van der Waals surface area contributed by atoms with Gasteiger partial charge in [0.1, 0.15) is 19.3 Å². The first-order valence-corrected chi connectivity index (χ1v) is 45.5. The zero-order chi connectivity index (χ0) is 74.2. The molecule has 0 aromatic heterocycles. The van der Waals surface area contributed by atoms with Crippen LogP contribution in [0.1, 0.15) is 433 Å². The molecule has 3 unspecified atom stereocenters. The summed E-state index contributed by atoms with van der Waals surface area (Å²) in [5.74, 6) is -0.417. The third kappa shape index (κ3) is 74.7. The van der Waals surface area contributed by atoms with Crippen LogP contribution in [-0.2, 0) is 65.4 Å². The van der Waals surface area contributed by atoms with Crippen molar-refractivity contribution in [3.05, 3.63) is 0 Å². The maximum Gasteiger partial charge on any atom is 0.472 e. The van der Waals surface area contributed by atoms with Gasteiger partial charge in [0.05, 0.1) is 26.4 Å². The third-order valence-corrected chi connectivity index (χ3v) is 21.5. The summed E-state index contributed by atoms with van der Waals surface area (Å²) in [6, 6.07) is 0. The van der Waals surface area contributed by atoms with Gasteiger partial charge in [-0.05, 0) is 37.5 Å². The Bertz CT molecular complexity index is 1940. The summed E-state index contributed by atoms with van der Waals surface area (Å²) >= 11 is 0. The number of aliphatic hydroxyl groups excluding tert-OH is 1. The number of hydrogen-bond donors (Lipinski definition) is 3. The molecule has 0 spiro atoms. The molecular formula is C82H160O17P2. The van der Waals surface area contributed by atoms with Crippen LogP contribution in [0.4, 0.5) is 0 Å². The van der Waals surface area contributed by atoms with Gasteiger partial charge in [-0.15, -0.1) is 0 Å². The van der Waals surface area contributed by atoms with Gasteiger partial charge in [0.25, 0.3) is 0 Å². The fraction of sp³-hybridized carbons (Fsp3) is 0.951. The molecule has 0 amide bonds. The van der Waals surface area contributed by atoms with Gasteiger partial charge in [-0.3, -0.25) is 37.3 Å². The zero-order valence-electron chi connectivity index (χ0n) is 66.2. The lowest BCUT2D eigenvalue weighted by atomic mass is 9.99. The molecule has 3 N–H and O–H groups in total. The summed E-state index contributed by atoms with van der Waals surface area (Å²) in [6.45, 7) is 9.70. The Labute approximate surface area is 619 Å². The summed E-state index contributed by atoms with van der Waals surface area (Å²) in [4.78, 5) is 72.8. The molecule has 6 atom stereocenters. The number of rotatable bonds is 81. The molecule has 600 valence electrons. The maximum atomic E-state index is 13.1. The van der Waals surface area contributed by atoms with Crippen LogP contribution < -0.4 is 0 Å². The standard InChI is InChI=1S/C82H160O17P2/c1-7-10-12-14-16-38-46-52-58-64-79(84)92-70-77(98-81(86)66-60-54-48-39-17-15-13-11-8-2)72-96-100(88,89)94-68-76(83)69-95-101(90,91)97-73-78(71-93-80(85)65-59-53-47-42-36-32-28-24-20-18-22-26-30-34-40-44-50-56-62-74(4)5)99-82(87)67-61-55-49-43-37-33-29-25-21-19-23-27-31-35-41-45-51-57-63-75(6)9-3/h74-78,83H,7-73H2,1-6H3,(H,88,89)(H,90,91)/t75?,76-,77+,78+/m0/s1. The van der Waals surface area contributed by atoms with E-state index in [4.69, 9.17) is 37.0 Å². The van der Waals surface area contributed by atoms with Gasteiger partial charge in [0, 0.05) is 25.7 Å². The molecule has 19 heteroatoms. The van der Waals surface area contributed by atoms with Crippen LogP contribution in [0.3, 0.4) is 0 Å². The number of unbranched alkanes of at least 4 members (excludes halogenated alkanes) is 50. The molecule has 0 saturated carbocycles. The highest BCUT2D eigenvalue weighted by Gasteiger charge is 2.30. The SMILES string of the molecule is CCCCCCCCCCCC(=O)OC[C@H](COP(=O)(O)OC[C@H](O)COP(=O)(O)OC[C@@H](COC(=O)CCCCCCCCCCCCCCCCCCCCC(C)C)OC(=O)CCCCCCCCCCCCCCCCCCCCC(C)CC)OC(=O)CCCCCCCCCCC. The average Bonchev–Trinajstić information content (AvgIpc) is 0.967. The minimum Gasteiger partial charge on any atom is -0.462 e. The molecule has 0 aromatic rings. The molecule has 0 rings (SSSR count). The number of ether oxygens (including phenoxy) is 4. The van der Waals surface area contributed by atoms with Crippen LogP contribution in [0.15, 0.2) is 0 Å². The Morgan fingerprint density at radius 3 is 0.752 bits per heavy atom. The summed E-state index contributed by atoms with van der Waals surface area (Å²) < 4.78 is 68.6. The molecule has 0 fully saturated rings. The number of phosphoric ester groups is 2. The maximum absolute atomic E-state index is 13.1. The van der Waals surface area contributed by atoms with Gasteiger partial charge >= 0.3 is 39.5 Å². The van der Waals surface area contributed by atoms with E-state index < -0.39 is 97.5 Å². The van der Waals surface area contributed by atoms with Crippen LogP contribution in [0, 0.1) is 11.8 Å². The van der Waals surface area contributed by atoms with E-state index in [0.717, 1.165) is 102 Å². The Balaban J connectivity index is 5.14. The molecule has 0 heterocycles. The first kappa shape index (κ1) is 99.1. The molecule has 0 aromatic carbocycles. The largest absolute Gasteiger partial charge is 0.472 e. The predicted molar refractivity (Wildman–Crippen MR) is 414 cm³/mol. The molecule has 17 nitrogen and oxygen atoms in total. The predicted octanol–water partition coefficient (Wildman–Crippen LogP) is 24.7. The summed E-state index contributed by atoms with van der Waals surface area (Å²) in [5.41, 5.74) is 0. The van der Waals surface area contributed by atoms with Crippen molar-refractivity contribution in [1.29, 1.82) is 0 Å². The van der Waals surface area contributed by atoms with Crippen LogP contribution >= 0.6 is 15.6 Å². The summed E-state index contributed by atoms with van der Waals surface area (Å²) in [5, 5.41) is 10.6. The second kappa shape index (κ2) is 73.6. The van der Waals surface area contributed by atoms with Crippen molar-refractivity contribution in [3.8, 4) is 0 Å². The quantitative estimate of drug-likeness (QED) is 0.0222. The molecule has 0 aliphatic heterocycles. The second-order valence-electron chi connectivity index (χ2n) is 30.2. The van der Waals surface area contributed by atoms with E-state index in [1.54, 1.807) is 0 Å². The first-order valence-electron chi connectivity index (χ1n) is 42.5. The van der Waals surface area contributed by atoms with Gasteiger partial charge in [0.15, 0.2) is 12.2 Å². The zero-order valence-corrected chi connectivity index (χ0v) is 68.0. The van der Waals surface area contributed by atoms with Gasteiger partial charge < -0.3 is 33.8 Å². The van der Waals surface area contributed by atoms with Crippen molar-refractivity contribution >= 4 is 39.5 Å². The van der Waals surface area contributed by atoms with E-state index >= 15 is 0 Å². The molecule has 0 aliphatic carbocycles. The van der Waals surface area contributed by atoms with Crippen LogP contribution in [0.25, 0.3) is 0 Å². The average molecular weight is 1480 g/mol. The lowest BCUT2D eigenvalue weighted by Gasteiger charge is -2.21. The van der Waals surface area contributed by atoms with Gasteiger partial charge in [-0.1, -0.05) is 382 Å². The molecule has 0 bridgehead atoms. The number of carbonyl (C=O) groups is 4. The van der Waals surface area contributed by atoms with Gasteiger partial charge in [0.2, 0.25) is 0 Å². The number of hydrogen-bond acceptors (Lipinski definition) is 15. The van der Waals surface area contributed by atoms with Crippen molar-refractivity contribution in [2.45, 2.75) is 452 Å². The molecule has 0 radical (unpaired) electrons. The monoisotopic (exact) mass is 1480 g/mol. The van der Waals surface area contributed by atoms with Gasteiger partial charge in [-0.2, -0.15) is 0 Å². The van der Waals surface area contributed by atoms with Crippen molar-refractivity contribution in [2.24, 2.45) is 11.8 Å². The van der Waals surface area contributed by atoms with E-state index in [0.29, 0.717) is 25.7 Å². The van der Waals surface area contributed by atoms with Crippen molar-refractivity contribution in [3.63, 3.8) is 0 Å². The summed E-state index contributed by atoms with van der Waals surface area (Å²) in [6.07, 6.45) is 64.0. The lowest BCUT2D eigenvalue weighted by Crippen LogP contribution is -2.30. The van der Waals surface area contributed by atoms with Crippen LogP contribution in [-0.4, -0.2) is 96.7 Å².